The molecule has 1 aliphatic rings. The zero-order valence-corrected chi connectivity index (χ0v) is 14.3. The minimum absolute atomic E-state index is 0.0793. The fraction of sp³-hybridized carbons (Fsp3) is 0.389. The van der Waals surface area contributed by atoms with Crippen LogP contribution in [-0.2, 0) is 16.1 Å². The molecule has 7 nitrogen and oxygen atoms in total. The van der Waals surface area contributed by atoms with E-state index in [9.17, 15) is 14.4 Å². The van der Waals surface area contributed by atoms with Crippen LogP contribution in [0.3, 0.4) is 0 Å². The van der Waals surface area contributed by atoms with Gasteiger partial charge in [0.1, 0.15) is 17.4 Å². The number of amides is 4. The molecule has 1 atom stereocenters. The van der Waals surface area contributed by atoms with Gasteiger partial charge in [-0.15, -0.1) is 0 Å². The van der Waals surface area contributed by atoms with Crippen LogP contribution in [0.5, 0.6) is 0 Å². The van der Waals surface area contributed by atoms with Gasteiger partial charge in [0.2, 0.25) is 5.91 Å². The van der Waals surface area contributed by atoms with Gasteiger partial charge in [-0.2, -0.15) is 0 Å². The first-order valence-electron chi connectivity index (χ1n) is 8.36. The van der Waals surface area contributed by atoms with Gasteiger partial charge in [0.15, 0.2) is 0 Å². The first kappa shape index (κ1) is 17.0. The Kier molecular flexibility index (Phi) is 4.74. The summed E-state index contributed by atoms with van der Waals surface area (Å²) >= 11 is 0. The Labute approximate surface area is 145 Å². The lowest BCUT2D eigenvalue weighted by molar-refractivity contribution is -0.130. The molecule has 0 unspecified atom stereocenters. The third kappa shape index (κ3) is 3.35. The monoisotopic (exact) mass is 343 g/mol. The Hall–Kier alpha value is -2.83. The largest absolute Gasteiger partial charge is 0.459 e. The summed E-state index contributed by atoms with van der Waals surface area (Å²) in [4.78, 5) is 37.2. The van der Waals surface area contributed by atoms with Crippen LogP contribution in [0.15, 0.2) is 28.7 Å². The van der Waals surface area contributed by atoms with Crippen molar-refractivity contribution in [3.05, 3.63) is 35.6 Å². The Morgan fingerprint density at radius 1 is 1.32 bits per heavy atom. The van der Waals surface area contributed by atoms with Gasteiger partial charge < -0.3 is 15.1 Å². The molecule has 3 rings (SSSR count). The third-order valence-corrected chi connectivity index (χ3v) is 4.33. The molecule has 0 aliphatic carbocycles. The van der Waals surface area contributed by atoms with Gasteiger partial charge in [-0.05, 0) is 19.4 Å². The summed E-state index contributed by atoms with van der Waals surface area (Å²) in [6, 6.07) is 6.44. The molecule has 1 aliphatic heterocycles. The maximum atomic E-state index is 12.1. The average Bonchev–Trinajstić information content (AvgIpc) is 3.05. The van der Waals surface area contributed by atoms with Crippen molar-refractivity contribution in [1.82, 2.24) is 15.5 Å². The van der Waals surface area contributed by atoms with Crippen molar-refractivity contribution >= 4 is 28.8 Å². The summed E-state index contributed by atoms with van der Waals surface area (Å²) in [5.74, 6) is 0.0303. The maximum Gasteiger partial charge on any atom is 0.324 e. The van der Waals surface area contributed by atoms with Crippen LogP contribution >= 0.6 is 0 Å². The molecule has 25 heavy (non-hydrogen) atoms. The molecule has 1 aromatic heterocycles. The maximum absolute atomic E-state index is 12.1. The van der Waals surface area contributed by atoms with Crippen molar-refractivity contribution in [1.29, 1.82) is 0 Å². The number of hydrogen-bond donors (Lipinski definition) is 2. The van der Waals surface area contributed by atoms with Gasteiger partial charge in [-0.1, -0.05) is 25.1 Å². The second-order valence-corrected chi connectivity index (χ2v) is 6.12. The first-order valence-corrected chi connectivity index (χ1v) is 8.36. The van der Waals surface area contributed by atoms with Crippen LogP contribution in [0.1, 0.15) is 31.1 Å². The number of aryl methyl sites for hydroxylation is 1. The van der Waals surface area contributed by atoms with Crippen LogP contribution < -0.4 is 10.6 Å². The molecule has 4 amide bonds. The molecule has 7 heteroatoms. The zero-order valence-electron chi connectivity index (χ0n) is 14.3. The van der Waals surface area contributed by atoms with E-state index in [1.54, 1.807) is 0 Å². The Morgan fingerprint density at radius 3 is 2.80 bits per heavy atom. The number of para-hydroxylation sites is 1. The van der Waals surface area contributed by atoms with Gasteiger partial charge in [0, 0.05) is 17.5 Å². The summed E-state index contributed by atoms with van der Waals surface area (Å²) < 4.78 is 5.75. The second-order valence-electron chi connectivity index (χ2n) is 6.12. The fourth-order valence-corrected chi connectivity index (χ4v) is 2.98. The molecule has 2 heterocycles. The number of nitrogens with zero attached hydrogens (tertiary/aromatic N) is 1. The van der Waals surface area contributed by atoms with Crippen molar-refractivity contribution < 1.29 is 18.8 Å². The van der Waals surface area contributed by atoms with Crippen LogP contribution in [0, 0.1) is 6.92 Å². The number of urea groups is 1. The first-order chi connectivity index (χ1) is 12.0. The highest BCUT2D eigenvalue weighted by Crippen LogP contribution is 2.24. The standard InChI is InChI=1S/C18H21N3O4/c1-3-8-21-17(23)13(20-18(21)24)9-16(22)19-10-15-11(2)12-6-4-5-7-14(12)25-15/h4-7,13H,3,8-10H2,1-2H3,(H,19,22)(H,20,24)/t13-/m0/s1. The summed E-state index contributed by atoms with van der Waals surface area (Å²) in [5.41, 5.74) is 1.76. The summed E-state index contributed by atoms with van der Waals surface area (Å²) in [6.45, 7) is 4.43. The van der Waals surface area contributed by atoms with E-state index in [-0.39, 0.29) is 24.8 Å². The van der Waals surface area contributed by atoms with Gasteiger partial charge >= 0.3 is 6.03 Å². The van der Waals surface area contributed by atoms with Crippen LogP contribution in [0.25, 0.3) is 11.0 Å². The number of imide groups is 1. The fourth-order valence-electron chi connectivity index (χ4n) is 2.98. The van der Waals surface area contributed by atoms with Crippen LogP contribution in [-0.4, -0.2) is 35.3 Å². The topological polar surface area (TPSA) is 91.7 Å². The van der Waals surface area contributed by atoms with E-state index in [1.165, 1.54) is 0 Å². The van der Waals surface area contributed by atoms with Crippen LogP contribution in [0.4, 0.5) is 4.79 Å². The lowest BCUT2D eigenvalue weighted by Gasteiger charge is -2.11. The predicted molar refractivity (Wildman–Crippen MR) is 91.7 cm³/mol. The Morgan fingerprint density at radius 2 is 2.08 bits per heavy atom. The minimum Gasteiger partial charge on any atom is -0.459 e. The predicted octanol–water partition coefficient (Wildman–Crippen LogP) is 2.08. The summed E-state index contributed by atoms with van der Waals surface area (Å²) in [6.07, 6.45) is 0.605. The number of benzene rings is 1. The number of nitrogens with one attached hydrogen (secondary N) is 2. The second kappa shape index (κ2) is 6.96. The Bertz CT molecular complexity index is 827. The molecule has 132 valence electrons. The van der Waals surface area contributed by atoms with Crippen molar-refractivity contribution in [2.75, 3.05) is 6.54 Å². The number of fused-ring (bicyclic) bond motifs is 1. The third-order valence-electron chi connectivity index (χ3n) is 4.33. The van der Waals surface area contributed by atoms with Gasteiger partial charge in [-0.3, -0.25) is 14.5 Å². The lowest BCUT2D eigenvalue weighted by Crippen LogP contribution is -2.36. The zero-order chi connectivity index (χ0) is 18.0. The molecule has 2 aromatic rings. The highest BCUT2D eigenvalue weighted by Gasteiger charge is 2.38. The quantitative estimate of drug-likeness (QED) is 0.786. The number of furan rings is 1. The van der Waals surface area contributed by atoms with E-state index >= 15 is 0 Å². The molecule has 2 N–H and O–H groups in total. The summed E-state index contributed by atoms with van der Waals surface area (Å²) in [5, 5.41) is 6.32. The molecule has 1 fully saturated rings. The molecular formula is C18H21N3O4. The molecular weight excluding hydrogens is 322 g/mol. The highest BCUT2D eigenvalue weighted by molar-refractivity contribution is 6.05. The molecule has 0 spiro atoms. The molecule has 1 saturated heterocycles. The van der Waals surface area contributed by atoms with E-state index in [0.717, 1.165) is 21.4 Å². The highest BCUT2D eigenvalue weighted by atomic mass is 16.3. The summed E-state index contributed by atoms with van der Waals surface area (Å²) in [7, 11) is 0. The Balaban J connectivity index is 1.59. The van der Waals surface area contributed by atoms with Gasteiger partial charge in [-0.25, -0.2) is 4.79 Å². The average molecular weight is 343 g/mol. The van der Waals surface area contributed by atoms with Gasteiger partial charge in [0.05, 0.1) is 13.0 Å². The van der Waals surface area contributed by atoms with E-state index in [4.69, 9.17) is 4.42 Å². The van der Waals surface area contributed by atoms with Crippen LogP contribution in [0.2, 0.25) is 0 Å². The number of carbonyl (C=O) groups is 3. The van der Waals surface area contributed by atoms with Gasteiger partial charge in [0.25, 0.3) is 5.91 Å². The number of hydrogen-bond acceptors (Lipinski definition) is 4. The lowest BCUT2D eigenvalue weighted by atomic mass is 10.1. The molecule has 0 saturated carbocycles. The normalized spacial score (nSPS) is 17.2. The SMILES string of the molecule is CCCN1C(=O)N[C@@H](CC(=O)NCc2oc3ccccc3c2C)C1=O. The molecule has 1 aromatic carbocycles. The van der Waals surface area contributed by atoms with Crippen molar-refractivity contribution in [3.8, 4) is 0 Å². The smallest absolute Gasteiger partial charge is 0.324 e. The number of rotatable bonds is 6. The minimum atomic E-state index is -0.796. The van der Waals surface area contributed by atoms with E-state index < -0.39 is 12.1 Å². The van der Waals surface area contributed by atoms with Crippen molar-refractivity contribution in [2.45, 2.75) is 39.3 Å². The molecule has 0 bridgehead atoms. The number of carbonyl (C=O) groups excluding carboxylic acids is 3. The van der Waals surface area contributed by atoms with E-state index in [2.05, 4.69) is 10.6 Å². The van der Waals surface area contributed by atoms with E-state index in [1.807, 2.05) is 38.1 Å². The van der Waals surface area contributed by atoms with Crippen molar-refractivity contribution in [2.24, 2.45) is 0 Å². The van der Waals surface area contributed by atoms with E-state index in [0.29, 0.717) is 18.7 Å². The van der Waals surface area contributed by atoms with Crippen molar-refractivity contribution in [3.63, 3.8) is 0 Å². The molecule has 0 radical (unpaired) electrons.